The Morgan fingerprint density at radius 3 is 2.72 bits per heavy atom. The molecule has 0 saturated carbocycles. The second-order valence-electron chi connectivity index (χ2n) is 3.55. The van der Waals surface area contributed by atoms with Gasteiger partial charge in [-0.05, 0) is 28.6 Å². The first kappa shape index (κ1) is 12.7. The van der Waals surface area contributed by atoms with Gasteiger partial charge in [0.2, 0.25) is 5.16 Å². The van der Waals surface area contributed by atoms with Crippen LogP contribution in [0.25, 0.3) is 0 Å². The van der Waals surface area contributed by atoms with Crippen LogP contribution in [-0.4, -0.2) is 34.4 Å². The summed E-state index contributed by atoms with van der Waals surface area (Å²) in [5, 5.41) is 12.1. The zero-order valence-corrected chi connectivity index (χ0v) is 11.3. The van der Waals surface area contributed by atoms with Crippen LogP contribution in [0.1, 0.15) is 5.56 Å². The van der Waals surface area contributed by atoms with Gasteiger partial charge < -0.3 is 9.47 Å². The molecule has 0 N–H and O–H groups in total. The van der Waals surface area contributed by atoms with Crippen LogP contribution in [0.4, 0.5) is 0 Å². The average Bonchev–Trinajstić information content (AvgIpc) is 2.81. The molecule has 2 rings (SSSR count). The molecule has 0 saturated heterocycles. The number of thioether (sulfide) groups is 1. The fraction of sp³-hybridized carbons (Fsp3) is 0.364. The average molecular weight is 266 g/mol. The molecule has 0 amide bonds. The van der Waals surface area contributed by atoms with E-state index in [-0.39, 0.29) is 0 Å². The summed E-state index contributed by atoms with van der Waals surface area (Å²) in [5.74, 6) is 2.36. The van der Waals surface area contributed by atoms with Gasteiger partial charge in [0.15, 0.2) is 0 Å². The van der Waals surface area contributed by atoms with Crippen LogP contribution in [-0.2, 0) is 12.8 Å². The van der Waals surface area contributed by atoms with Gasteiger partial charge in [-0.2, -0.15) is 0 Å². The molecule has 2 aromatic rings. The van der Waals surface area contributed by atoms with Crippen molar-refractivity contribution in [2.45, 2.75) is 10.9 Å². The molecule has 96 valence electrons. The lowest BCUT2D eigenvalue weighted by molar-refractivity contribution is 0.400. The van der Waals surface area contributed by atoms with E-state index in [2.05, 4.69) is 15.5 Å². The third-order valence-electron chi connectivity index (χ3n) is 2.43. The van der Waals surface area contributed by atoms with E-state index in [4.69, 9.17) is 9.47 Å². The Morgan fingerprint density at radius 2 is 2.11 bits per heavy atom. The Hall–Kier alpha value is -1.76. The van der Waals surface area contributed by atoms with E-state index >= 15 is 0 Å². The van der Waals surface area contributed by atoms with Gasteiger partial charge in [0, 0.05) is 18.4 Å². The summed E-state index contributed by atoms with van der Waals surface area (Å²) in [6.07, 6.45) is 0. The van der Waals surface area contributed by atoms with Crippen LogP contribution in [0.2, 0.25) is 0 Å². The van der Waals surface area contributed by atoms with Crippen molar-refractivity contribution in [1.29, 1.82) is 0 Å². The zero-order valence-electron chi connectivity index (χ0n) is 10.5. The molecule has 0 atom stereocenters. The van der Waals surface area contributed by atoms with Gasteiger partial charge in [-0.1, -0.05) is 11.8 Å². The normalized spacial score (nSPS) is 10.4. The van der Waals surface area contributed by atoms with Crippen molar-refractivity contribution in [2.24, 2.45) is 7.05 Å². The van der Waals surface area contributed by atoms with E-state index in [0.717, 1.165) is 22.2 Å². The molecule has 7 heteroatoms. The summed E-state index contributed by atoms with van der Waals surface area (Å²) in [6.45, 7) is 0. The largest absolute Gasteiger partial charge is 0.497 e. The molecule has 1 aromatic heterocycles. The maximum absolute atomic E-state index is 5.32. The highest BCUT2D eigenvalue weighted by Gasteiger charge is 2.08. The maximum Gasteiger partial charge on any atom is 0.209 e. The smallest absolute Gasteiger partial charge is 0.209 e. The van der Waals surface area contributed by atoms with Crippen LogP contribution >= 0.6 is 11.8 Å². The topological polar surface area (TPSA) is 62.1 Å². The Kier molecular flexibility index (Phi) is 4.03. The summed E-state index contributed by atoms with van der Waals surface area (Å²) >= 11 is 1.55. The Morgan fingerprint density at radius 1 is 1.28 bits per heavy atom. The summed E-state index contributed by atoms with van der Waals surface area (Å²) in [6, 6.07) is 5.72. The van der Waals surface area contributed by atoms with Gasteiger partial charge in [-0.15, -0.1) is 5.10 Å². The molecule has 0 aliphatic heterocycles. The molecule has 18 heavy (non-hydrogen) atoms. The van der Waals surface area contributed by atoms with Crippen LogP contribution in [0.3, 0.4) is 0 Å². The predicted molar refractivity (Wildman–Crippen MR) is 67.9 cm³/mol. The van der Waals surface area contributed by atoms with E-state index < -0.39 is 0 Å². The minimum atomic E-state index is 0.717. The molecule has 1 heterocycles. The van der Waals surface area contributed by atoms with Crippen molar-refractivity contribution in [3.05, 3.63) is 23.8 Å². The Balaban J connectivity index is 2.14. The predicted octanol–water partition coefficient (Wildman–Crippen LogP) is 1.52. The van der Waals surface area contributed by atoms with E-state index in [9.17, 15) is 0 Å². The fourth-order valence-corrected chi connectivity index (χ4v) is 2.31. The first-order chi connectivity index (χ1) is 8.74. The third-order valence-corrected chi connectivity index (χ3v) is 3.49. The first-order valence-corrected chi connectivity index (χ1v) is 6.29. The molecule has 0 aliphatic carbocycles. The molecular weight excluding hydrogens is 252 g/mol. The monoisotopic (exact) mass is 266 g/mol. The molecule has 6 nitrogen and oxygen atoms in total. The van der Waals surface area contributed by atoms with Crippen LogP contribution in [0, 0.1) is 0 Å². The molecule has 0 unspecified atom stereocenters. The van der Waals surface area contributed by atoms with E-state index in [1.165, 1.54) is 0 Å². The van der Waals surface area contributed by atoms with Gasteiger partial charge in [0.25, 0.3) is 0 Å². The molecule has 1 aromatic carbocycles. The lowest BCUT2D eigenvalue weighted by Gasteiger charge is -2.09. The molecule has 0 spiro atoms. The van der Waals surface area contributed by atoms with Gasteiger partial charge in [0.05, 0.1) is 14.2 Å². The highest BCUT2D eigenvalue weighted by atomic mass is 32.2. The van der Waals surface area contributed by atoms with Crippen molar-refractivity contribution in [2.75, 3.05) is 14.2 Å². The number of ether oxygens (including phenoxy) is 2. The number of aryl methyl sites for hydroxylation is 1. The summed E-state index contributed by atoms with van der Waals surface area (Å²) in [4.78, 5) is 0. The second-order valence-corrected chi connectivity index (χ2v) is 4.49. The van der Waals surface area contributed by atoms with Gasteiger partial charge >= 0.3 is 0 Å². The Bertz CT molecular complexity index is 530. The number of hydrogen-bond acceptors (Lipinski definition) is 6. The van der Waals surface area contributed by atoms with E-state index in [1.807, 2.05) is 25.2 Å². The van der Waals surface area contributed by atoms with Crippen molar-refractivity contribution in [1.82, 2.24) is 20.2 Å². The number of rotatable bonds is 5. The minimum absolute atomic E-state index is 0.717. The molecule has 0 aliphatic rings. The van der Waals surface area contributed by atoms with Gasteiger partial charge in [-0.3, -0.25) is 0 Å². The lowest BCUT2D eigenvalue weighted by atomic mass is 10.2. The summed E-state index contributed by atoms with van der Waals surface area (Å²) in [5.41, 5.74) is 1.05. The minimum Gasteiger partial charge on any atom is -0.497 e. The SMILES string of the molecule is COc1ccc(OC)c(CSc2nnnn2C)c1. The van der Waals surface area contributed by atoms with Crippen LogP contribution in [0.5, 0.6) is 11.5 Å². The molecule has 0 radical (unpaired) electrons. The third kappa shape index (κ3) is 2.73. The maximum atomic E-state index is 5.32. The zero-order chi connectivity index (χ0) is 13.0. The number of methoxy groups -OCH3 is 2. The number of benzene rings is 1. The van der Waals surface area contributed by atoms with Crippen molar-refractivity contribution >= 4 is 11.8 Å². The van der Waals surface area contributed by atoms with Crippen LogP contribution in [0.15, 0.2) is 23.4 Å². The van der Waals surface area contributed by atoms with Crippen molar-refractivity contribution in [3.63, 3.8) is 0 Å². The first-order valence-electron chi connectivity index (χ1n) is 5.30. The highest BCUT2D eigenvalue weighted by Crippen LogP contribution is 2.29. The van der Waals surface area contributed by atoms with Gasteiger partial charge in [-0.25, -0.2) is 4.68 Å². The number of aromatic nitrogens is 4. The van der Waals surface area contributed by atoms with Crippen molar-refractivity contribution < 1.29 is 9.47 Å². The molecule has 0 bridgehead atoms. The number of tetrazole rings is 1. The van der Waals surface area contributed by atoms with E-state index in [1.54, 1.807) is 30.7 Å². The van der Waals surface area contributed by atoms with Crippen LogP contribution < -0.4 is 9.47 Å². The standard InChI is InChI=1S/C11H14N4O2S/c1-15-11(12-13-14-15)18-7-8-6-9(16-2)4-5-10(8)17-3/h4-6H,7H2,1-3H3. The highest BCUT2D eigenvalue weighted by molar-refractivity contribution is 7.98. The summed E-state index contributed by atoms with van der Waals surface area (Å²) in [7, 11) is 5.11. The quantitative estimate of drug-likeness (QED) is 0.765. The molecular formula is C11H14N4O2S. The fourth-order valence-electron chi connectivity index (χ4n) is 1.48. The Labute approximate surface area is 109 Å². The summed E-state index contributed by atoms with van der Waals surface area (Å²) < 4.78 is 12.2. The van der Waals surface area contributed by atoms with Crippen molar-refractivity contribution in [3.8, 4) is 11.5 Å². The van der Waals surface area contributed by atoms with E-state index in [0.29, 0.717) is 5.75 Å². The number of hydrogen-bond donors (Lipinski definition) is 0. The van der Waals surface area contributed by atoms with Gasteiger partial charge in [0.1, 0.15) is 11.5 Å². The lowest BCUT2D eigenvalue weighted by Crippen LogP contribution is -1.95. The number of nitrogens with zero attached hydrogens (tertiary/aromatic N) is 4. The second kappa shape index (κ2) is 5.72. The molecule has 0 fully saturated rings.